The van der Waals surface area contributed by atoms with Gasteiger partial charge in [0.2, 0.25) is 0 Å². The van der Waals surface area contributed by atoms with Crippen LogP contribution in [0, 0.1) is 5.92 Å². The maximum atomic E-state index is 10.3. The van der Waals surface area contributed by atoms with Crippen molar-refractivity contribution in [3.63, 3.8) is 0 Å². The summed E-state index contributed by atoms with van der Waals surface area (Å²) >= 11 is 0. The van der Waals surface area contributed by atoms with E-state index in [-0.39, 0.29) is 55.3 Å². The summed E-state index contributed by atoms with van der Waals surface area (Å²) in [6.45, 7) is 6.39. The Balaban J connectivity index is -0.000000432. The second-order valence-electron chi connectivity index (χ2n) is 5.72. The van der Waals surface area contributed by atoms with Crippen molar-refractivity contribution in [2.75, 3.05) is 52.9 Å². The van der Waals surface area contributed by atoms with Crippen LogP contribution in [0.4, 0.5) is 0 Å². The Labute approximate surface area is 191 Å². The van der Waals surface area contributed by atoms with Crippen LogP contribution < -0.4 is 5.73 Å². The van der Waals surface area contributed by atoms with E-state index in [9.17, 15) is 8.42 Å². The summed E-state index contributed by atoms with van der Waals surface area (Å²) in [5.41, 5.74) is 5.03. The Morgan fingerprint density at radius 3 is 1.93 bits per heavy atom. The van der Waals surface area contributed by atoms with Crippen LogP contribution in [0.1, 0.15) is 39.5 Å². The van der Waals surface area contributed by atoms with E-state index < -0.39 is 16.6 Å². The molecule has 0 spiro atoms. The number of aliphatic hydroxyl groups is 2. The molecular formula is C16H38NNaO9S. The number of hydrogen-bond donors (Lipinski definition) is 4. The van der Waals surface area contributed by atoms with Crippen molar-refractivity contribution >= 4 is 40.0 Å². The van der Waals surface area contributed by atoms with Gasteiger partial charge in [-0.1, -0.05) is 33.1 Å². The van der Waals surface area contributed by atoms with Gasteiger partial charge in [0.1, 0.15) is 6.23 Å². The third-order valence-corrected chi connectivity index (χ3v) is 3.70. The molecule has 28 heavy (non-hydrogen) atoms. The molecule has 0 aromatic heterocycles. The minimum absolute atomic E-state index is 0. The van der Waals surface area contributed by atoms with Gasteiger partial charge in [-0.15, -0.1) is 0 Å². The molecular weight excluding hydrogens is 405 g/mol. The molecule has 0 aliphatic heterocycles. The van der Waals surface area contributed by atoms with E-state index in [0.29, 0.717) is 33.0 Å². The van der Waals surface area contributed by atoms with E-state index in [1.807, 2.05) is 6.92 Å². The van der Waals surface area contributed by atoms with Crippen LogP contribution in [0.5, 0.6) is 0 Å². The summed E-state index contributed by atoms with van der Waals surface area (Å²) in [6, 6.07) is 0. The van der Waals surface area contributed by atoms with Crippen molar-refractivity contribution in [1.29, 1.82) is 0 Å². The number of aliphatic hydroxyl groups excluding tert-OH is 2. The third kappa shape index (κ3) is 31.3. The number of nitrogens with two attached hydrogens (primary N) is 1. The maximum absolute atomic E-state index is 10.3. The fraction of sp³-hybridized carbons (Fsp3) is 1.00. The van der Waals surface area contributed by atoms with Crippen molar-refractivity contribution in [3.8, 4) is 0 Å². The Kier molecular flexibility index (Phi) is 28.4. The normalized spacial score (nSPS) is 13.2. The van der Waals surface area contributed by atoms with Gasteiger partial charge in [-0.25, -0.2) is 4.18 Å². The Morgan fingerprint density at radius 1 is 0.964 bits per heavy atom. The standard InChI is InChI=1S/C8H19NO5.C8H18O4S.Na.H/c9-8(11)7-14-6-5-13-4-3-12-2-1-10;1-3-5-6-8(4-2)7-12-13(9,10)11;;/h8,10-11H,1-7,9H2;8H,3-7H2,1-2H3,(H,9,10,11);;. The van der Waals surface area contributed by atoms with Crippen LogP contribution in [0.25, 0.3) is 0 Å². The van der Waals surface area contributed by atoms with Crippen LogP contribution in [0.2, 0.25) is 0 Å². The summed E-state index contributed by atoms with van der Waals surface area (Å²) in [5, 5.41) is 17.0. The second-order valence-corrected chi connectivity index (χ2v) is 6.81. The predicted molar refractivity (Wildman–Crippen MR) is 108 cm³/mol. The summed E-state index contributed by atoms with van der Waals surface area (Å²) < 4.78 is 48.2. The van der Waals surface area contributed by atoms with E-state index in [4.69, 9.17) is 34.7 Å². The Hall–Kier alpha value is 0.630. The van der Waals surface area contributed by atoms with E-state index in [0.717, 1.165) is 25.7 Å². The molecule has 0 rings (SSSR count). The number of rotatable bonds is 17. The molecule has 2 atom stereocenters. The summed E-state index contributed by atoms with van der Waals surface area (Å²) in [7, 11) is -4.25. The second kappa shape index (κ2) is 23.9. The minimum atomic E-state index is -4.25. The molecule has 0 aliphatic rings. The van der Waals surface area contributed by atoms with Gasteiger partial charge < -0.3 is 30.2 Å². The van der Waals surface area contributed by atoms with Gasteiger partial charge in [0.15, 0.2) is 0 Å². The van der Waals surface area contributed by atoms with Gasteiger partial charge in [-0.2, -0.15) is 8.42 Å². The SMILES string of the molecule is CCCCC(CC)COS(=O)(=O)O.NC(O)COCCOCCOCCO.[NaH]. The molecule has 0 amide bonds. The molecule has 0 saturated heterocycles. The van der Waals surface area contributed by atoms with Crippen molar-refractivity contribution < 1.29 is 41.6 Å². The topological polar surface area (TPSA) is 158 Å². The van der Waals surface area contributed by atoms with Crippen LogP contribution in [0.15, 0.2) is 0 Å². The number of ether oxygens (including phenoxy) is 3. The van der Waals surface area contributed by atoms with Gasteiger partial charge in [0, 0.05) is 0 Å². The van der Waals surface area contributed by atoms with Crippen molar-refractivity contribution in [1.82, 2.24) is 0 Å². The molecule has 0 radical (unpaired) electrons. The molecule has 5 N–H and O–H groups in total. The molecule has 2 unspecified atom stereocenters. The zero-order chi connectivity index (χ0) is 21.0. The van der Waals surface area contributed by atoms with Gasteiger partial charge in [-0.3, -0.25) is 4.55 Å². The molecule has 0 aromatic carbocycles. The summed E-state index contributed by atoms with van der Waals surface area (Å²) in [6.07, 6.45) is 3.04. The first-order valence-electron chi connectivity index (χ1n) is 9.16. The van der Waals surface area contributed by atoms with Crippen LogP contribution in [0.3, 0.4) is 0 Å². The molecule has 0 saturated carbocycles. The monoisotopic (exact) mass is 443 g/mol. The average molecular weight is 444 g/mol. The molecule has 0 fully saturated rings. The quantitative estimate of drug-likeness (QED) is 0.102. The third-order valence-electron chi connectivity index (χ3n) is 3.26. The first-order chi connectivity index (χ1) is 12.8. The summed E-state index contributed by atoms with van der Waals surface area (Å²) in [5.74, 6) is 0.224. The van der Waals surface area contributed by atoms with Gasteiger partial charge >= 0.3 is 40.0 Å². The van der Waals surface area contributed by atoms with E-state index in [2.05, 4.69) is 11.1 Å². The zero-order valence-electron chi connectivity index (χ0n) is 16.4. The number of hydrogen-bond acceptors (Lipinski definition) is 9. The number of unbranched alkanes of at least 4 members (excludes halogenated alkanes) is 1. The molecule has 0 heterocycles. The van der Waals surface area contributed by atoms with Gasteiger partial charge in [-0.05, 0) is 12.3 Å². The van der Waals surface area contributed by atoms with Crippen LogP contribution in [-0.2, 0) is 28.8 Å². The fourth-order valence-corrected chi connectivity index (χ4v) is 2.15. The first-order valence-corrected chi connectivity index (χ1v) is 10.5. The van der Waals surface area contributed by atoms with Gasteiger partial charge in [0.25, 0.3) is 0 Å². The molecule has 10 nitrogen and oxygen atoms in total. The van der Waals surface area contributed by atoms with Crippen molar-refractivity contribution in [2.45, 2.75) is 45.8 Å². The summed E-state index contributed by atoms with van der Waals surface area (Å²) in [4.78, 5) is 0. The molecule has 0 aromatic rings. The average Bonchev–Trinajstić information content (AvgIpc) is 2.60. The molecule has 0 bridgehead atoms. The molecule has 12 heteroatoms. The van der Waals surface area contributed by atoms with E-state index in [1.165, 1.54) is 0 Å². The van der Waals surface area contributed by atoms with Gasteiger partial charge in [0.05, 0.1) is 52.9 Å². The van der Waals surface area contributed by atoms with E-state index in [1.54, 1.807) is 0 Å². The molecule has 168 valence electrons. The Morgan fingerprint density at radius 2 is 1.50 bits per heavy atom. The van der Waals surface area contributed by atoms with Crippen LogP contribution >= 0.6 is 0 Å². The molecule has 0 aliphatic carbocycles. The van der Waals surface area contributed by atoms with E-state index >= 15 is 0 Å². The van der Waals surface area contributed by atoms with Crippen molar-refractivity contribution in [2.24, 2.45) is 11.7 Å². The van der Waals surface area contributed by atoms with Crippen molar-refractivity contribution in [3.05, 3.63) is 0 Å². The fourth-order valence-electron chi connectivity index (χ4n) is 1.79. The Bertz CT molecular complexity index is 400. The zero-order valence-corrected chi connectivity index (χ0v) is 17.2. The predicted octanol–water partition coefficient (Wildman–Crippen LogP) is -0.321. The van der Waals surface area contributed by atoms with Crippen LogP contribution in [-0.4, -0.2) is 112 Å². The first kappa shape index (κ1) is 33.3.